The normalized spacial score (nSPS) is 18.6. The first-order valence-corrected chi connectivity index (χ1v) is 2.89. The molecule has 0 aromatic carbocycles. The first kappa shape index (κ1) is 5.61. The number of allylic oxidation sites excluding steroid dienone is 2. The molecule has 0 saturated carbocycles. The number of hydrogen-bond donors (Lipinski definition) is 0. The molecule has 0 aliphatic carbocycles. The second-order valence-corrected chi connectivity index (χ2v) is 2.31. The summed E-state index contributed by atoms with van der Waals surface area (Å²) in [6.45, 7) is 6.32. The van der Waals surface area contributed by atoms with E-state index in [0.717, 1.165) is 7.41 Å². The maximum Gasteiger partial charge on any atom is 0.290 e. The zero-order chi connectivity index (χ0) is 6.15. The maximum atomic E-state index is 4.24. The van der Waals surface area contributed by atoms with Gasteiger partial charge in [0, 0.05) is 5.71 Å². The van der Waals surface area contributed by atoms with Crippen LogP contribution in [0.3, 0.4) is 0 Å². The van der Waals surface area contributed by atoms with Gasteiger partial charge in [-0.25, -0.2) is 0 Å². The molecule has 0 N–H and O–H groups in total. The molecular weight excluding hydrogens is 96.9 g/mol. The molecule has 0 spiro atoms. The van der Waals surface area contributed by atoms with Crippen LogP contribution in [0.1, 0.15) is 20.8 Å². The molecule has 1 aliphatic heterocycles. The van der Waals surface area contributed by atoms with Crippen molar-refractivity contribution in [3.05, 3.63) is 11.0 Å². The third kappa shape index (κ3) is 0.704. The SMILES string of the molecule is CC1=NBC(C)=C1C. The summed E-state index contributed by atoms with van der Waals surface area (Å²) < 4.78 is 0. The van der Waals surface area contributed by atoms with Crippen molar-refractivity contribution in [1.29, 1.82) is 0 Å². The largest absolute Gasteiger partial charge is 0.345 e. The van der Waals surface area contributed by atoms with Crippen LogP contribution in [-0.2, 0) is 0 Å². The van der Waals surface area contributed by atoms with Crippen LogP contribution in [0.15, 0.2) is 15.9 Å². The second kappa shape index (κ2) is 1.77. The predicted molar refractivity (Wildman–Crippen MR) is 38.6 cm³/mol. The minimum Gasteiger partial charge on any atom is -0.345 e. The molecule has 42 valence electrons. The van der Waals surface area contributed by atoms with Crippen molar-refractivity contribution in [1.82, 2.24) is 0 Å². The average Bonchev–Trinajstić information content (AvgIpc) is 1.98. The van der Waals surface area contributed by atoms with E-state index in [1.165, 1.54) is 16.8 Å². The molecule has 0 unspecified atom stereocenters. The molecule has 1 nitrogen and oxygen atoms in total. The van der Waals surface area contributed by atoms with Crippen molar-refractivity contribution in [3.63, 3.8) is 0 Å². The van der Waals surface area contributed by atoms with E-state index < -0.39 is 0 Å². The molecule has 0 radical (unpaired) electrons. The van der Waals surface area contributed by atoms with Gasteiger partial charge in [-0.15, -0.1) is 0 Å². The molecular formula is C6H10BN. The van der Waals surface area contributed by atoms with Gasteiger partial charge in [0.05, 0.1) is 0 Å². The highest BCUT2D eigenvalue weighted by atomic mass is 14.6. The summed E-state index contributed by atoms with van der Waals surface area (Å²) in [5.74, 6) is 0. The monoisotopic (exact) mass is 107 g/mol. The van der Waals surface area contributed by atoms with Gasteiger partial charge in [0.25, 0.3) is 7.41 Å². The molecule has 0 aromatic heterocycles. The van der Waals surface area contributed by atoms with E-state index in [4.69, 9.17) is 0 Å². The van der Waals surface area contributed by atoms with Crippen LogP contribution < -0.4 is 0 Å². The van der Waals surface area contributed by atoms with E-state index in [-0.39, 0.29) is 0 Å². The quantitative estimate of drug-likeness (QED) is 0.411. The van der Waals surface area contributed by atoms with Crippen LogP contribution in [0.2, 0.25) is 0 Å². The van der Waals surface area contributed by atoms with E-state index in [1.54, 1.807) is 0 Å². The predicted octanol–water partition coefficient (Wildman–Crippen LogP) is 1.11. The lowest BCUT2D eigenvalue weighted by Gasteiger charge is -1.91. The third-order valence-electron chi connectivity index (χ3n) is 1.74. The molecule has 2 heteroatoms. The first-order chi connectivity index (χ1) is 3.72. The van der Waals surface area contributed by atoms with Crippen molar-refractivity contribution in [2.24, 2.45) is 4.90 Å². The highest BCUT2D eigenvalue weighted by Crippen LogP contribution is 2.10. The fourth-order valence-corrected chi connectivity index (χ4v) is 0.783. The summed E-state index contributed by atoms with van der Waals surface area (Å²) in [4.78, 5) is 4.24. The Morgan fingerprint density at radius 1 is 1.25 bits per heavy atom. The summed E-state index contributed by atoms with van der Waals surface area (Å²) in [6, 6.07) is 0. The summed E-state index contributed by atoms with van der Waals surface area (Å²) in [6.07, 6.45) is 0. The molecule has 0 aromatic rings. The van der Waals surface area contributed by atoms with E-state index in [0.29, 0.717) is 0 Å². The Labute approximate surface area is 50.8 Å². The lowest BCUT2D eigenvalue weighted by molar-refractivity contribution is 1.49. The van der Waals surface area contributed by atoms with E-state index >= 15 is 0 Å². The average molecular weight is 107 g/mol. The van der Waals surface area contributed by atoms with Gasteiger partial charge in [-0.2, -0.15) is 0 Å². The Morgan fingerprint density at radius 2 is 1.88 bits per heavy atom. The highest BCUT2D eigenvalue weighted by Gasteiger charge is 2.07. The Morgan fingerprint density at radius 3 is 2.00 bits per heavy atom. The summed E-state index contributed by atoms with van der Waals surface area (Å²) >= 11 is 0. The van der Waals surface area contributed by atoms with Gasteiger partial charge in [0.15, 0.2) is 0 Å². The van der Waals surface area contributed by atoms with Crippen LogP contribution >= 0.6 is 0 Å². The Balaban J connectivity index is 2.88. The smallest absolute Gasteiger partial charge is 0.290 e. The number of rotatable bonds is 0. The van der Waals surface area contributed by atoms with E-state index in [2.05, 4.69) is 25.7 Å². The van der Waals surface area contributed by atoms with Gasteiger partial charge in [0.2, 0.25) is 0 Å². The minimum atomic E-state index is 0.928. The molecule has 0 saturated heterocycles. The van der Waals surface area contributed by atoms with Crippen LogP contribution in [-0.4, -0.2) is 13.1 Å². The number of nitrogens with zero attached hydrogens (tertiary/aromatic N) is 1. The fourth-order valence-electron chi connectivity index (χ4n) is 0.783. The van der Waals surface area contributed by atoms with Crippen molar-refractivity contribution in [3.8, 4) is 0 Å². The lowest BCUT2D eigenvalue weighted by atomic mass is 9.85. The first-order valence-electron chi connectivity index (χ1n) is 2.89. The third-order valence-corrected chi connectivity index (χ3v) is 1.74. The molecule has 1 aliphatic rings. The van der Waals surface area contributed by atoms with E-state index in [9.17, 15) is 0 Å². The molecule has 1 rings (SSSR count). The second-order valence-electron chi connectivity index (χ2n) is 2.31. The Hall–Kier alpha value is -0.525. The zero-order valence-corrected chi connectivity index (χ0v) is 5.65. The van der Waals surface area contributed by atoms with Crippen LogP contribution in [0, 0.1) is 0 Å². The molecule has 1 heterocycles. The topological polar surface area (TPSA) is 12.4 Å². The maximum absolute atomic E-state index is 4.24. The van der Waals surface area contributed by atoms with Gasteiger partial charge < -0.3 is 4.90 Å². The Bertz CT molecular complexity index is 162. The molecule has 0 atom stereocenters. The van der Waals surface area contributed by atoms with E-state index in [1.807, 2.05) is 0 Å². The van der Waals surface area contributed by atoms with Crippen molar-refractivity contribution >= 4 is 13.1 Å². The lowest BCUT2D eigenvalue weighted by Crippen LogP contribution is -1.87. The van der Waals surface area contributed by atoms with Gasteiger partial charge in [-0.3, -0.25) is 0 Å². The molecule has 8 heavy (non-hydrogen) atoms. The summed E-state index contributed by atoms with van der Waals surface area (Å²) in [5.41, 5.74) is 4.01. The van der Waals surface area contributed by atoms with Gasteiger partial charge in [-0.05, 0) is 26.3 Å². The van der Waals surface area contributed by atoms with Crippen molar-refractivity contribution < 1.29 is 0 Å². The van der Waals surface area contributed by atoms with Gasteiger partial charge in [-0.1, -0.05) is 5.47 Å². The molecule has 0 fully saturated rings. The minimum absolute atomic E-state index is 0.928. The van der Waals surface area contributed by atoms with Crippen molar-refractivity contribution in [2.75, 3.05) is 0 Å². The Kier molecular flexibility index (Phi) is 1.24. The zero-order valence-electron chi connectivity index (χ0n) is 5.65. The highest BCUT2D eigenvalue weighted by molar-refractivity contribution is 6.50. The molecule has 0 bridgehead atoms. The standard InChI is InChI=1S/C6H10BN/c1-4-5(2)7-8-6(4)3/h7H,1-3H3. The van der Waals surface area contributed by atoms with Crippen LogP contribution in [0.4, 0.5) is 0 Å². The van der Waals surface area contributed by atoms with Gasteiger partial charge in [0.1, 0.15) is 0 Å². The van der Waals surface area contributed by atoms with Crippen LogP contribution in [0.5, 0.6) is 0 Å². The van der Waals surface area contributed by atoms with Crippen LogP contribution in [0.25, 0.3) is 0 Å². The van der Waals surface area contributed by atoms with Crippen molar-refractivity contribution in [2.45, 2.75) is 20.8 Å². The fraction of sp³-hybridized carbons (Fsp3) is 0.500. The molecule has 0 amide bonds. The van der Waals surface area contributed by atoms with Gasteiger partial charge >= 0.3 is 0 Å². The summed E-state index contributed by atoms with van der Waals surface area (Å²) in [7, 11) is 0.928. The number of hydrogen-bond acceptors (Lipinski definition) is 1. The summed E-state index contributed by atoms with van der Waals surface area (Å²) in [5, 5.41) is 0.